The molecule has 5 heteroatoms. The van der Waals surface area contributed by atoms with Crippen molar-refractivity contribution in [2.24, 2.45) is 7.05 Å². The molecule has 0 saturated heterocycles. The number of benzene rings is 1. The van der Waals surface area contributed by atoms with Crippen LogP contribution in [0.5, 0.6) is 0 Å². The molecule has 1 unspecified atom stereocenters. The Bertz CT molecular complexity index is 840. The minimum absolute atomic E-state index is 0.244. The van der Waals surface area contributed by atoms with Crippen LogP contribution in [0.4, 0.5) is 0 Å². The normalized spacial score (nSPS) is 12.4. The van der Waals surface area contributed by atoms with E-state index in [1.54, 1.807) is 24.0 Å². The first-order chi connectivity index (χ1) is 11.1. The number of carboxylic acids is 1. The van der Waals surface area contributed by atoms with E-state index in [1.807, 2.05) is 43.3 Å². The van der Waals surface area contributed by atoms with E-state index in [2.05, 4.69) is 4.98 Å². The van der Waals surface area contributed by atoms with Crippen molar-refractivity contribution in [2.45, 2.75) is 13.0 Å². The van der Waals surface area contributed by atoms with Crippen molar-refractivity contribution in [2.75, 3.05) is 6.61 Å². The van der Waals surface area contributed by atoms with E-state index >= 15 is 0 Å². The first kappa shape index (κ1) is 15.2. The van der Waals surface area contributed by atoms with Crippen LogP contribution in [0.1, 0.15) is 34.6 Å². The van der Waals surface area contributed by atoms with E-state index in [4.69, 9.17) is 4.74 Å². The molecule has 1 atom stereocenters. The average molecular weight is 310 g/mol. The summed E-state index contributed by atoms with van der Waals surface area (Å²) in [6.07, 6.45) is 2.94. The van der Waals surface area contributed by atoms with E-state index in [0.717, 1.165) is 16.5 Å². The molecule has 0 aliphatic heterocycles. The average Bonchev–Trinajstić information content (AvgIpc) is 2.87. The summed E-state index contributed by atoms with van der Waals surface area (Å²) in [5.74, 6) is -0.965. The summed E-state index contributed by atoms with van der Waals surface area (Å²) in [5.41, 5.74) is 2.63. The molecule has 1 N–H and O–H groups in total. The van der Waals surface area contributed by atoms with Gasteiger partial charge in [0.1, 0.15) is 11.8 Å². The van der Waals surface area contributed by atoms with Gasteiger partial charge in [0.25, 0.3) is 0 Å². The molecule has 5 nitrogen and oxygen atoms in total. The molecule has 0 spiro atoms. The fourth-order valence-electron chi connectivity index (χ4n) is 2.99. The molecule has 0 bridgehead atoms. The Labute approximate surface area is 134 Å². The molecule has 3 aromatic rings. The lowest BCUT2D eigenvalue weighted by molar-refractivity contribution is 0.0662. The van der Waals surface area contributed by atoms with Crippen LogP contribution >= 0.6 is 0 Å². The highest BCUT2D eigenvalue weighted by molar-refractivity contribution is 5.98. The van der Waals surface area contributed by atoms with Crippen LogP contribution in [0.3, 0.4) is 0 Å². The van der Waals surface area contributed by atoms with Gasteiger partial charge in [0.2, 0.25) is 0 Å². The van der Waals surface area contributed by atoms with Crippen LogP contribution < -0.4 is 0 Å². The Morgan fingerprint density at radius 2 is 2.09 bits per heavy atom. The number of rotatable bonds is 5. The van der Waals surface area contributed by atoms with Gasteiger partial charge in [0.05, 0.1) is 0 Å². The maximum absolute atomic E-state index is 11.9. The zero-order valence-corrected chi connectivity index (χ0v) is 13.1. The Hall–Kier alpha value is -2.66. The lowest BCUT2D eigenvalue weighted by Gasteiger charge is -2.18. The highest BCUT2D eigenvalue weighted by atomic mass is 16.5. The number of hydrogen-bond acceptors (Lipinski definition) is 3. The number of aromatic nitrogens is 2. The Morgan fingerprint density at radius 1 is 1.30 bits per heavy atom. The van der Waals surface area contributed by atoms with Gasteiger partial charge in [-0.3, -0.25) is 4.98 Å². The highest BCUT2D eigenvalue weighted by Gasteiger charge is 2.28. The summed E-state index contributed by atoms with van der Waals surface area (Å²) in [6.45, 7) is 2.37. The Kier molecular flexibility index (Phi) is 4.12. The lowest BCUT2D eigenvalue weighted by Crippen LogP contribution is -2.13. The fraction of sp³-hybridized carbons (Fsp3) is 0.222. The topological polar surface area (TPSA) is 64.3 Å². The summed E-state index contributed by atoms with van der Waals surface area (Å²) in [7, 11) is 1.77. The number of ether oxygens (including phenoxy) is 1. The van der Waals surface area contributed by atoms with Gasteiger partial charge in [-0.2, -0.15) is 0 Å². The predicted octanol–water partition coefficient (Wildman–Crippen LogP) is 3.40. The number of aryl methyl sites for hydroxylation is 1. The first-order valence-electron chi connectivity index (χ1n) is 7.47. The van der Waals surface area contributed by atoms with Gasteiger partial charge in [0, 0.05) is 48.1 Å². The molecule has 0 amide bonds. The van der Waals surface area contributed by atoms with Gasteiger partial charge in [-0.25, -0.2) is 4.79 Å². The summed E-state index contributed by atoms with van der Waals surface area (Å²) < 4.78 is 7.61. The highest BCUT2D eigenvalue weighted by Crippen LogP contribution is 2.36. The van der Waals surface area contributed by atoms with Gasteiger partial charge in [-0.15, -0.1) is 0 Å². The number of nitrogens with zero attached hydrogens (tertiary/aromatic N) is 2. The second kappa shape index (κ2) is 6.22. The Morgan fingerprint density at radius 3 is 2.74 bits per heavy atom. The van der Waals surface area contributed by atoms with Crippen molar-refractivity contribution >= 4 is 16.9 Å². The predicted molar refractivity (Wildman–Crippen MR) is 87.6 cm³/mol. The summed E-state index contributed by atoms with van der Waals surface area (Å²) in [5, 5.41) is 10.6. The third kappa shape index (κ3) is 2.59. The molecular weight excluding hydrogens is 292 g/mol. The lowest BCUT2D eigenvalue weighted by atomic mass is 9.99. The zero-order valence-electron chi connectivity index (χ0n) is 13.1. The van der Waals surface area contributed by atoms with Gasteiger partial charge in [-0.1, -0.05) is 24.3 Å². The van der Waals surface area contributed by atoms with E-state index in [0.29, 0.717) is 12.2 Å². The summed E-state index contributed by atoms with van der Waals surface area (Å²) in [6, 6.07) is 11.4. The van der Waals surface area contributed by atoms with E-state index in [-0.39, 0.29) is 5.69 Å². The summed E-state index contributed by atoms with van der Waals surface area (Å²) in [4.78, 5) is 16.0. The summed E-state index contributed by atoms with van der Waals surface area (Å²) >= 11 is 0. The van der Waals surface area contributed by atoms with Crippen molar-refractivity contribution in [1.82, 2.24) is 9.55 Å². The molecule has 0 aliphatic carbocycles. The van der Waals surface area contributed by atoms with Gasteiger partial charge in [0.15, 0.2) is 0 Å². The van der Waals surface area contributed by atoms with Crippen molar-refractivity contribution in [3.63, 3.8) is 0 Å². The smallest absolute Gasteiger partial charge is 0.352 e. The van der Waals surface area contributed by atoms with Crippen LogP contribution in [-0.4, -0.2) is 27.2 Å². The van der Waals surface area contributed by atoms with Gasteiger partial charge >= 0.3 is 5.97 Å². The number of carbonyl (C=O) groups is 1. The van der Waals surface area contributed by atoms with Gasteiger partial charge < -0.3 is 14.4 Å². The zero-order chi connectivity index (χ0) is 16.4. The molecule has 1 aromatic carbocycles. The standard InChI is InChI=1S/C18H18N2O3/c1-3-23-17(12-7-6-10-19-11-12)15-13-8-4-5-9-14(13)20(2)16(15)18(21)22/h4-11,17H,3H2,1-2H3,(H,21,22). The number of fused-ring (bicyclic) bond motifs is 1. The molecule has 23 heavy (non-hydrogen) atoms. The molecule has 0 radical (unpaired) electrons. The van der Waals surface area contributed by atoms with Crippen molar-refractivity contribution < 1.29 is 14.6 Å². The number of para-hydroxylation sites is 1. The molecule has 0 saturated carbocycles. The molecule has 0 aliphatic rings. The van der Waals surface area contributed by atoms with Crippen molar-refractivity contribution in [3.05, 3.63) is 65.6 Å². The molecule has 3 rings (SSSR count). The molecule has 0 fully saturated rings. The molecular formula is C18H18N2O3. The maximum Gasteiger partial charge on any atom is 0.352 e. The number of pyridine rings is 1. The maximum atomic E-state index is 11.9. The van der Waals surface area contributed by atoms with E-state index in [1.165, 1.54) is 0 Å². The van der Waals surface area contributed by atoms with E-state index < -0.39 is 12.1 Å². The Balaban J connectivity index is 2.31. The third-order valence-electron chi connectivity index (χ3n) is 3.93. The SMILES string of the molecule is CCOC(c1cccnc1)c1c(C(=O)O)n(C)c2ccccc12. The van der Waals surface area contributed by atoms with Crippen LogP contribution in [0.2, 0.25) is 0 Å². The molecule has 118 valence electrons. The van der Waals surface area contributed by atoms with E-state index in [9.17, 15) is 9.90 Å². The minimum Gasteiger partial charge on any atom is -0.477 e. The second-order valence-electron chi connectivity index (χ2n) is 5.27. The van der Waals surface area contributed by atoms with Crippen LogP contribution in [0.15, 0.2) is 48.8 Å². The second-order valence-corrected chi connectivity index (χ2v) is 5.27. The van der Waals surface area contributed by atoms with Crippen molar-refractivity contribution in [3.8, 4) is 0 Å². The van der Waals surface area contributed by atoms with Crippen LogP contribution in [0.25, 0.3) is 10.9 Å². The fourth-order valence-corrected chi connectivity index (χ4v) is 2.99. The number of carboxylic acid groups (broad SMARTS) is 1. The van der Waals surface area contributed by atoms with Crippen LogP contribution in [-0.2, 0) is 11.8 Å². The first-order valence-corrected chi connectivity index (χ1v) is 7.47. The quantitative estimate of drug-likeness (QED) is 0.784. The van der Waals surface area contributed by atoms with Crippen LogP contribution in [0, 0.1) is 0 Å². The third-order valence-corrected chi connectivity index (χ3v) is 3.93. The minimum atomic E-state index is -0.965. The molecule has 2 heterocycles. The largest absolute Gasteiger partial charge is 0.477 e. The number of aromatic carboxylic acids is 1. The monoisotopic (exact) mass is 310 g/mol. The molecule has 2 aromatic heterocycles. The van der Waals surface area contributed by atoms with Gasteiger partial charge in [-0.05, 0) is 19.1 Å². The van der Waals surface area contributed by atoms with Crippen molar-refractivity contribution in [1.29, 1.82) is 0 Å². The number of hydrogen-bond donors (Lipinski definition) is 1.